The standard InChI is InChI=1S/C23H26N2O4S/c1-5-15(2)29-22(27)13-25-20-9-7-6-8-19(20)24-23(25)30-14-18-12-17(16(3)26)10-11-21(18)28-4/h6-12,15H,5,13-14H2,1-4H3. The van der Waals surface area contributed by atoms with Gasteiger partial charge in [0.25, 0.3) is 0 Å². The fourth-order valence-electron chi connectivity index (χ4n) is 3.04. The molecule has 30 heavy (non-hydrogen) atoms. The number of fused-ring (bicyclic) bond motifs is 1. The number of Topliss-reactive ketones (excluding diaryl/α,β-unsaturated/α-hetero) is 1. The maximum Gasteiger partial charge on any atom is 0.326 e. The van der Waals surface area contributed by atoms with E-state index in [9.17, 15) is 9.59 Å². The van der Waals surface area contributed by atoms with Crippen LogP contribution in [0, 0.1) is 0 Å². The minimum absolute atomic E-state index is 0.00364. The number of ketones is 1. The van der Waals surface area contributed by atoms with Gasteiger partial charge in [-0.15, -0.1) is 0 Å². The van der Waals surface area contributed by atoms with Crippen LogP contribution in [0.15, 0.2) is 47.6 Å². The summed E-state index contributed by atoms with van der Waals surface area (Å²) in [6, 6.07) is 13.1. The third-order valence-corrected chi connectivity index (χ3v) is 5.88. The lowest BCUT2D eigenvalue weighted by atomic mass is 10.1. The van der Waals surface area contributed by atoms with Crippen molar-refractivity contribution in [2.75, 3.05) is 7.11 Å². The molecule has 6 nitrogen and oxygen atoms in total. The summed E-state index contributed by atoms with van der Waals surface area (Å²) in [5.41, 5.74) is 3.24. The summed E-state index contributed by atoms with van der Waals surface area (Å²) in [7, 11) is 1.61. The number of carbonyl (C=O) groups excluding carboxylic acids is 2. The van der Waals surface area contributed by atoms with Gasteiger partial charge in [-0.1, -0.05) is 30.8 Å². The second kappa shape index (κ2) is 9.80. The zero-order valence-electron chi connectivity index (χ0n) is 17.7. The Labute approximate surface area is 180 Å². The van der Waals surface area contributed by atoms with Crippen LogP contribution in [-0.2, 0) is 21.8 Å². The maximum absolute atomic E-state index is 12.4. The normalized spacial score (nSPS) is 12.0. The molecule has 0 amide bonds. The fourth-order valence-corrected chi connectivity index (χ4v) is 4.03. The third kappa shape index (κ3) is 5.02. The predicted molar refractivity (Wildman–Crippen MR) is 118 cm³/mol. The van der Waals surface area contributed by atoms with Crippen LogP contribution in [-0.4, -0.2) is 34.5 Å². The van der Waals surface area contributed by atoms with E-state index in [1.807, 2.05) is 48.7 Å². The third-order valence-electron chi connectivity index (χ3n) is 4.86. The van der Waals surface area contributed by atoms with Gasteiger partial charge in [0.15, 0.2) is 10.9 Å². The molecule has 3 aromatic rings. The van der Waals surface area contributed by atoms with E-state index >= 15 is 0 Å². The lowest BCUT2D eigenvalue weighted by Gasteiger charge is -2.13. The molecule has 0 saturated heterocycles. The number of hydrogen-bond acceptors (Lipinski definition) is 6. The first-order chi connectivity index (χ1) is 14.4. The van der Waals surface area contributed by atoms with Gasteiger partial charge in [-0.3, -0.25) is 9.59 Å². The molecule has 0 aliphatic carbocycles. The molecule has 1 unspecified atom stereocenters. The average Bonchev–Trinajstić information content (AvgIpc) is 3.09. The van der Waals surface area contributed by atoms with Crippen molar-refractivity contribution >= 4 is 34.5 Å². The van der Waals surface area contributed by atoms with Crippen LogP contribution in [0.25, 0.3) is 11.0 Å². The number of imidazole rings is 1. The summed E-state index contributed by atoms with van der Waals surface area (Å²) in [5, 5.41) is 0.715. The number of esters is 1. The number of methoxy groups -OCH3 is 1. The van der Waals surface area contributed by atoms with E-state index in [0.29, 0.717) is 22.2 Å². The molecule has 2 aromatic carbocycles. The average molecular weight is 427 g/mol. The van der Waals surface area contributed by atoms with Gasteiger partial charge >= 0.3 is 5.97 Å². The van der Waals surface area contributed by atoms with Gasteiger partial charge in [-0.2, -0.15) is 0 Å². The molecule has 0 aliphatic heterocycles. The zero-order valence-corrected chi connectivity index (χ0v) is 18.5. The van der Waals surface area contributed by atoms with Gasteiger partial charge in [-0.25, -0.2) is 4.98 Å². The molecule has 1 heterocycles. The number of hydrogen-bond donors (Lipinski definition) is 0. The summed E-state index contributed by atoms with van der Waals surface area (Å²) in [6.07, 6.45) is 0.645. The Bertz CT molecular complexity index is 1060. The van der Waals surface area contributed by atoms with Crippen LogP contribution in [0.4, 0.5) is 0 Å². The second-order valence-corrected chi connectivity index (χ2v) is 7.99. The zero-order chi connectivity index (χ0) is 21.7. The summed E-state index contributed by atoms with van der Waals surface area (Å²) >= 11 is 1.50. The molecule has 7 heteroatoms. The van der Waals surface area contributed by atoms with Crippen LogP contribution in [0.1, 0.15) is 43.1 Å². The Morgan fingerprint density at radius 1 is 1.20 bits per heavy atom. The number of rotatable bonds is 9. The van der Waals surface area contributed by atoms with Crippen LogP contribution < -0.4 is 4.74 Å². The molecule has 0 saturated carbocycles. The predicted octanol–water partition coefficient (Wildman–Crippen LogP) is 4.88. The molecule has 0 aliphatic rings. The van der Waals surface area contributed by atoms with Gasteiger partial charge in [0.2, 0.25) is 0 Å². The number of para-hydroxylation sites is 2. The summed E-state index contributed by atoms with van der Waals surface area (Å²) < 4.78 is 12.8. The summed E-state index contributed by atoms with van der Waals surface area (Å²) in [6.45, 7) is 5.50. The Morgan fingerprint density at radius 3 is 2.67 bits per heavy atom. The van der Waals surface area contributed by atoms with E-state index in [0.717, 1.165) is 23.0 Å². The summed E-state index contributed by atoms with van der Waals surface area (Å²) in [5.74, 6) is 0.981. The number of ether oxygens (including phenoxy) is 2. The van der Waals surface area contributed by atoms with Gasteiger partial charge < -0.3 is 14.0 Å². The SMILES string of the molecule is CCC(C)OC(=O)Cn1c(SCc2cc(C(C)=O)ccc2OC)nc2ccccc21. The number of nitrogens with zero attached hydrogens (tertiary/aromatic N) is 2. The van der Waals surface area contributed by atoms with E-state index in [2.05, 4.69) is 0 Å². The molecular weight excluding hydrogens is 400 g/mol. The monoisotopic (exact) mass is 426 g/mol. The number of benzene rings is 2. The molecule has 0 bridgehead atoms. The minimum atomic E-state index is -0.287. The summed E-state index contributed by atoms with van der Waals surface area (Å²) in [4.78, 5) is 28.9. The maximum atomic E-state index is 12.4. The van der Waals surface area contributed by atoms with Crippen LogP contribution in [0.5, 0.6) is 5.75 Å². The fraction of sp³-hybridized carbons (Fsp3) is 0.348. The van der Waals surface area contributed by atoms with Gasteiger partial charge in [0, 0.05) is 16.9 Å². The number of thioether (sulfide) groups is 1. The highest BCUT2D eigenvalue weighted by molar-refractivity contribution is 7.98. The quantitative estimate of drug-likeness (QED) is 0.276. The van der Waals surface area contributed by atoms with Crippen molar-refractivity contribution in [3.63, 3.8) is 0 Å². The van der Waals surface area contributed by atoms with Crippen molar-refractivity contribution in [2.45, 2.75) is 50.8 Å². The van der Waals surface area contributed by atoms with Crippen LogP contribution >= 0.6 is 11.8 Å². The molecule has 0 radical (unpaired) electrons. The lowest BCUT2D eigenvalue weighted by molar-refractivity contribution is -0.149. The van der Waals surface area contributed by atoms with Crippen molar-refractivity contribution in [2.24, 2.45) is 0 Å². The van der Waals surface area contributed by atoms with Crippen molar-refractivity contribution in [1.82, 2.24) is 9.55 Å². The molecule has 158 valence electrons. The van der Waals surface area contributed by atoms with Crippen molar-refractivity contribution in [1.29, 1.82) is 0 Å². The first-order valence-electron chi connectivity index (χ1n) is 9.88. The molecule has 3 rings (SSSR count). The van der Waals surface area contributed by atoms with Crippen molar-refractivity contribution < 1.29 is 19.1 Å². The first-order valence-corrected chi connectivity index (χ1v) is 10.9. The Kier molecular flexibility index (Phi) is 7.15. The van der Waals surface area contributed by atoms with E-state index in [1.165, 1.54) is 11.8 Å². The molecule has 1 aromatic heterocycles. The smallest absolute Gasteiger partial charge is 0.326 e. The molecule has 0 N–H and O–H groups in total. The lowest BCUT2D eigenvalue weighted by Crippen LogP contribution is -2.19. The molecular formula is C23H26N2O4S. The first kappa shape index (κ1) is 21.9. The number of carbonyl (C=O) groups is 2. The highest BCUT2D eigenvalue weighted by atomic mass is 32.2. The van der Waals surface area contributed by atoms with Crippen molar-refractivity contribution in [3.8, 4) is 5.75 Å². The second-order valence-electron chi connectivity index (χ2n) is 7.05. The largest absolute Gasteiger partial charge is 0.496 e. The van der Waals surface area contributed by atoms with Gasteiger partial charge in [-0.05, 0) is 50.6 Å². The topological polar surface area (TPSA) is 70.4 Å². The Hall–Kier alpha value is -2.80. The Balaban J connectivity index is 1.88. The molecule has 0 spiro atoms. The van der Waals surface area contributed by atoms with Crippen molar-refractivity contribution in [3.05, 3.63) is 53.6 Å². The molecule has 0 fully saturated rings. The van der Waals surface area contributed by atoms with Crippen LogP contribution in [0.2, 0.25) is 0 Å². The van der Waals surface area contributed by atoms with Gasteiger partial charge in [0.05, 0.1) is 24.2 Å². The Morgan fingerprint density at radius 2 is 1.97 bits per heavy atom. The van der Waals surface area contributed by atoms with E-state index in [-0.39, 0.29) is 24.4 Å². The van der Waals surface area contributed by atoms with E-state index < -0.39 is 0 Å². The highest BCUT2D eigenvalue weighted by Crippen LogP contribution is 2.31. The van der Waals surface area contributed by atoms with E-state index in [4.69, 9.17) is 14.5 Å². The minimum Gasteiger partial charge on any atom is -0.496 e. The number of aromatic nitrogens is 2. The van der Waals surface area contributed by atoms with E-state index in [1.54, 1.807) is 26.2 Å². The molecule has 1 atom stereocenters. The highest BCUT2D eigenvalue weighted by Gasteiger charge is 2.17. The van der Waals surface area contributed by atoms with Gasteiger partial charge in [0.1, 0.15) is 12.3 Å². The van der Waals surface area contributed by atoms with Crippen LogP contribution in [0.3, 0.4) is 0 Å².